The maximum atomic E-state index is 12.1. The number of aliphatic hydroxyl groups is 1. The predicted molar refractivity (Wildman–Crippen MR) is 123 cm³/mol. The number of carbonyl (C=O) groups is 1. The molecule has 32 heavy (non-hydrogen) atoms. The molecule has 0 aliphatic carbocycles. The first-order valence-electron chi connectivity index (χ1n) is 10.0. The van der Waals surface area contributed by atoms with E-state index in [1.54, 1.807) is 62.2 Å². The third kappa shape index (κ3) is 5.46. The molecule has 0 aliphatic heterocycles. The quantitative estimate of drug-likeness (QED) is 0.371. The number of benzene rings is 1. The molecule has 0 spiro atoms. The zero-order valence-electron chi connectivity index (χ0n) is 18.1. The number of aromatic nitrogens is 3. The SMILES string of the molecule is CCOC(=O)C(C)=Cc1cnc(-n2cccc2CO)nc1NCc1ccc(OC)c(Cl)c1. The second-order valence-electron chi connectivity index (χ2n) is 6.87. The fraction of sp³-hybridized carbons (Fsp3) is 0.261. The fourth-order valence-electron chi connectivity index (χ4n) is 3.03. The molecule has 9 heteroatoms. The minimum Gasteiger partial charge on any atom is -0.495 e. The van der Waals surface area contributed by atoms with E-state index < -0.39 is 5.97 Å². The van der Waals surface area contributed by atoms with Crippen molar-refractivity contribution < 1.29 is 19.4 Å². The molecular weight excluding hydrogens is 432 g/mol. The van der Waals surface area contributed by atoms with Crippen molar-refractivity contribution in [2.24, 2.45) is 0 Å². The Morgan fingerprint density at radius 2 is 2.16 bits per heavy atom. The Kier molecular flexibility index (Phi) is 7.86. The second kappa shape index (κ2) is 10.8. The topological polar surface area (TPSA) is 98.5 Å². The number of carbonyl (C=O) groups excluding carboxylic acids is 1. The molecule has 1 aromatic carbocycles. The van der Waals surface area contributed by atoms with Crippen LogP contribution in [-0.2, 0) is 22.7 Å². The summed E-state index contributed by atoms with van der Waals surface area (Å²) in [4.78, 5) is 21.1. The number of aliphatic hydroxyl groups excluding tert-OH is 1. The van der Waals surface area contributed by atoms with Gasteiger partial charge >= 0.3 is 5.97 Å². The Bertz CT molecular complexity index is 1130. The lowest BCUT2D eigenvalue weighted by atomic mass is 10.2. The number of halogens is 1. The van der Waals surface area contributed by atoms with Gasteiger partial charge in [-0.2, -0.15) is 4.98 Å². The van der Waals surface area contributed by atoms with E-state index in [1.165, 1.54) is 0 Å². The molecule has 2 N–H and O–H groups in total. The number of hydrogen-bond donors (Lipinski definition) is 2. The largest absolute Gasteiger partial charge is 0.495 e. The molecule has 0 aliphatic rings. The van der Waals surface area contributed by atoms with Crippen molar-refractivity contribution in [3.05, 3.63) is 70.1 Å². The summed E-state index contributed by atoms with van der Waals surface area (Å²) in [5.74, 6) is 1.10. The number of methoxy groups -OCH3 is 1. The molecule has 2 heterocycles. The molecule has 0 unspecified atom stereocenters. The van der Waals surface area contributed by atoms with Gasteiger partial charge in [-0.15, -0.1) is 0 Å². The molecule has 0 saturated heterocycles. The maximum Gasteiger partial charge on any atom is 0.333 e. The molecule has 3 rings (SSSR count). The Labute approximate surface area is 191 Å². The molecule has 3 aromatic rings. The van der Waals surface area contributed by atoms with Crippen molar-refractivity contribution in [1.29, 1.82) is 0 Å². The van der Waals surface area contributed by atoms with Gasteiger partial charge in [0.2, 0.25) is 5.95 Å². The van der Waals surface area contributed by atoms with Crippen molar-refractivity contribution in [3.8, 4) is 11.7 Å². The first kappa shape index (κ1) is 23.3. The van der Waals surface area contributed by atoms with E-state index in [9.17, 15) is 9.90 Å². The van der Waals surface area contributed by atoms with Crippen LogP contribution in [0, 0.1) is 0 Å². The van der Waals surface area contributed by atoms with Gasteiger partial charge in [-0.3, -0.25) is 4.57 Å². The van der Waals surface area contributed by atoms with Crippen LogP contribution >= 0.6 is 11.6 Å². The van der Waals surface area contributed by atoms with Gasteiger partial charge in [0.1, 0.15) is 11.6 Å². The van der Waals surface area contributed by atoms with Crippen LogP contribution in [0.2, 0.25) is 5.02 Å². The lowest BCUT2D eigenvalue weighted by Crippen LogP contribution is -2.10. The van der Waals surface area contributed by atoms with Crippen molar-refractivity contribution in [1.82, 2.24) is 14.5 Å². The number of nitrogens with zero attached hydrogens (tertiary/aromatic N) is 3. The normalized spacial score (nSPS) is 11.3. The second-order valence-corrected chi connectivity index (χ2v) is 7.28. The van der Waals surface area contributed by atoms with Crippen molar-refractivity contribution >= 4 is 29.5 Å². The van der Waals surface area contributed by atoms with E-state index in [-0.39, 0.29) is 6.61 Å². The zero-order valence-corrected chi connectivity index (χ0v) is 18.9. The lowest BCUT2D eigenvalue weighted by molar-refractivity contribution is -0.138. The average Bonchev–Trinajstić information content (AvgIpc) is 3.27. The van der Waals surface area contributed by atoms with Gasteiger partial charge in [0.15, 0.2) is 0 Å². The van der Waals surface area contributed by atoms with Crippen molar-refractivity contribution in [2.75, 3.05) is 19.0 Å². The highest BCUT2D eigenvalue weighted by atomic mass is 35.5. The Hall–Kier alpha value is -3.36. The Balaban J connectivity index is 1.95. The van der Waals surface area contributed by atoms with E-state index >= 15 is 0 Å². The Morgan fingerprint density at radius 1 is 1.34 bits per heavy atom. The van der Waals surface area contributed by atoms with Gasteiger partial charge in [0.05, 0.1) is 31.0 Å². The van der Waals surface area contributed by atoms with Gasteiger partial charge in [0.25, 0.3) is 0 Å². The molecule has 0 atom stereocenters. The van der Waals surface area contributed by atoms with E-state index in [4.69, 9.17) is 21.1 Å². The Morgan fingerprint density at radius 3 is 2.84 bits per heavy atom. The van der Waals surface area contributed by atoms with Gasteiger partial charge in [-0.05, 0) is 49.8 Å². The average molecular weight is 457 g/mol. The molecule has 0 fully saturated rings. The number of hydrogen-bond acceptors (Lipinski definition) is 7. The highest BCUT2D eigenvalue weighted by Crippen LogP contribution is 2.26. The molecular formula is C23H25ClN4O4. The summed E-state index contributed by atoms with van der Waals surface area (Å²) in [5.41, 5.74) is 2.63. The van der Waals surface area contributed by atoms with Crippen LogP contribution in [0.4, 0.5) is 5.82 Å². The molecule has 168 valence electrons. The number of ether oxygens (including phenoxy) is 2. The van der Waals surface area contributed by atoms with Gasteiger partial charge in [-0.25, -0.2) is 9.78 Å². The van der Waals surface area contributed by atoms with Crippen LogP contribution in [0.1, 0.15) is 30.7 Å². The van der Waals surface area contributed by atoms with Gasteiger partial charge in [0, 0.05) is 30.1 Å². The summed E-state index contributed by atoms with van der Waals surface area (Å²) in [5, 5.41) is 13.4. The van der Waals surface area contributed by atoms with Crippen molar-refractivity contribution in [2.45, 2.75) is 27.0 Å². The third-order valence-electron chi connectivity index (χ3n) is 4.66. The van der Waals surface area contributed by atoms with Crippen LogP contribution in [0.3, 0.4) is 0 Å². The van der Waals surface area contributed by atoms with E-state index in [0.29, 0.717) is 52.5 Å². The molecule has 0 amide bonds. The van der Waals surface area contributed by atoms with Crippen LogP contribution in [0.5, 0.6) is 5.75 Å². The van der Waals surface area contributed by atoms with Crippen molar-refractivity contribution in [3.63, 3.8) is 0 Å². The molecule has 8 nitrogen and oxygen atoms in total. The summed E-state index contributed by atoms with van der Waals surface area (Å²) in [6.45, 7) is 4.01. The molecule has 0 saturated carbocycles. The van der Waals surface area contributed by atoms with Gasteiger partial charge in [-0.1, -0.05) is 17.7 Å². The van der Waals surface area contributed by atoms with Crippen LogP contribution in [-0.4, -0.2) is 39.3 Å². The van der Waals surface area contributed by atoms with E-state index in [0.717, 1.165) is 5.56 Å². The smallest absolute Gasteiger partial charge is 0.333 e. The summed E-state index contributed by atoms with van der Waals surface area (Å²) in [6, 6.07) is 9.10. The summed E-state index contributed by atoms with van der Waals surface area (Å²) in [6.07, 6.45) is 5.07. The summed E-state index contributed by atoms with van der Waals surface area (Å²) >= 11 is 6.24. The van der Waals surface area contributed by atoms with E-state index in [2.05, 4.69) is 15.3 Å². The number of rotatable bonds is 9. The fourth-order valence-corrected chi connectivity index (χ4v) is 3.31. The third-order valence-corrected chi connectivity index (χ3v) is 4.96. The summed E-state index contributed by atoms with van der Waals surface area (Å²) < 4.78 is 12.0. The maximum absolute atomic E-state index is 12.1. The first-order chi connectivity index (χ1) is 15.5. The van der Waals surface area contributed by atoms with Crippen LogP contribution < -0.4 is 10.1 Å². The molecule has 2 aromatic heterocycles. The predicted octanol–water partition coefficient (Wildman–Crippen LogP) is 4.00. The van der Waals surface area contributed by atoms with Crippen LogP contribution in [0.15, 0.2) is 48.3 Å². The van der Waals surface area contributed by atoms with Gasteiger partial charge < -0.3 is 19.9 Å². The number of esters is 1. The molecule has 0 bridgehead atoms. The minimum atomic E-state index is -0.405. The standard InChI is InChI=1S/C23H25ClN4O4/c1-4-32-22(30)15(2)10-17-13-26-23(28-9-5-6-18(28)14-29)27-21(17)25-12-16-7-8-20(31-3)19(24)11-16/h5-11,13,29H,4,12,14H2,1-3H3,(H,25,26,27). The monoisotopic (exact) mass is 456 g/mol. The van der Waals surface area contributed by atoms with Crippen LogP contribution in [0.25, 0.3) is 12.0 Å². The van der Waals surface area contributed by atoms with E-state index in [1.807, 2.05) is 12.1 Å². The minimum absolute atomic E-state index is 0.146. The summed E-state index contributed by atoms with van der Waals surface area (Å²) in [7, 11) is 1.56. The molecule has 0 radical (unpaired) electrons. The lowest BCUT2D eigenvalue weighted by Gasteiger charge is -2.13. The highest BCUT2D eigenvalue weighted by Gasteiger charge is 2.12. The number of anilines is 1. The first-order valence-corrected chi connectivity index (χ1v) is 10.4. The number of nitrogens with one attached hydrogen (secondary N) is 1. The zero-order chi connectivity index (χ0) is 23.1. The highest BCUT2D eigenvalue weighted by molar-refractivity contribution is 6.32.